The number of fused-ring (bicyclic) bond motifs is 1. The normalized spacial score (nSPS) is 19.6. The van der Waals surface area contributed by atoms with Gasteiger partial charge in [0.15, 0.2) is 0 Å². The molecule has 1 aliphatic carbocycles. The van der Waals surface area contributed by atoms with E-state index in [0.29, 0.717) is 31.2 Å². The van der Waals surface area contributed by atoms with Gasteiger partial charge in [0.25, 0.3) is 5.56 Å². The Kier molecular flexibility index (Phi) is 5.33. The van der Waals surface area contributed by atoms with Gasteiger partial charge in [-0.15, -0.1) is 0 Å². The molecule has 2 heterocycles. The third kappa shape index (κ3) is 4.09. The van der Waals surface area contributed by atoms with E-state index in [-0.39, 0.29) is 28.6 Å². The molecular formula is C20H20F3N5O2. The number of halogens is 3. The molecule has 0 unspecified atom stereocenters. The van der Waals surface area contributed by atoms with Gasteiger partial charge in [0.2, 0.25) is 0 Å². The predicted octanol–water partition coefficient (Wildman–Crippen LogP) is 3.80. The Labute approximate surface area is 169 Å². The molecule has 1 fully saturated rings. The molecule has 0 aliphatic heterocycles. The first kappa shape index (κ1) is 20.1. The minimum absolute atomic E-state index is 0.106. The van der Waals surface area contributed by atoms with Crippen molar-refractivity contribution < 1.29 is 18.3 Å². The molecule has 0 spiro atoms. The van der Waals surface area contributed by atoms with Gasteiger partial charge in [-0.25, -0.2) is 9.97 Å². The zero-order valence-electron chi connectivity index (χ0n) is 15.8. The van der Waals surface area contributed by atoms with Gasteiger partial charge in [-0.3, -0.25) is 4.79 Å². The molecule has 4 rings (SSSR count). The first-order chi connectivity index (χ1) is 14.3. The summed E-state index contributed by atoms with van der Waals surface area (Å²) in [6.45, 7) is 0. The number of aromatic nitrogens is 3. The average molecular weight is 419 g/mol. The number of benzene rings is 1. The fourth-order valence-electron chi connectivity index (χ4n) is 3.71. The number of hydrogen-bond donors (Lipinski definition) is 4. The van der Waals surface area contributed by atoms with E-state index in [1.165, 1.54) is 24.7 Å². The van der Waals surface area contributed by atoms with E-state index < -0.39 is 23.4 Å². The van der Waals surface area contributed by atoms with Crippen LogP contribution < -0.4 is 16.2 Å². The second kappa shape index (κ2) is 7.94. The Morgan fingerprint density at radius 2 is 1.87 bits per heavy atom. The summed E-state index contributed by atoms with van der Waals surface area (Å²) in [5.74, 6) is 0.114. The van der Waals surface area contributed by atoms with Crippen LogP contribution in [0.15, 0.2) is 41.6 Å². The fraction of sp³-hybridized carbons (Fsp3) is 0.350. The molecule has 4 N–H and O–H groups in total. The number of nitrogens with zero attached hydrogens (tertiary/aromatic N) is 2. The van der Waals surface area contributed by atoms with Gasteiger partial charge in [0, 0.05) is 12.2 Å². The van der Waals surface area contributed by atoms with E-state index in [9.17, 15) is 23.1 Å². The lowest BCUT2D eigenvalue weighted by Crippen LogP contribution is -2.29. The first-order valence-electron chi connectivity index (χ1n) is 9.57. The number of rotatable bonds is 4. The Balaban J connectivity index is 1.76. The van der Waals surface area contributed by atoms with Crippen molar-refractivity contribution in [2.45, 2.75) is 44.0 Å². The van der Waals surface area contributed by atoms with Crippen LogP contribution >= 0.6 is 0 Å². The Bertz CT molecular complexity index is 1100. The van der Waals surface area contributed by atoms with Crippen molar-refractivity contribution in [2.75, 3.05) is 10.6 Å². The summed E-state index contributed by atoms with van der Waals surface area (Å²) in [7, 11) is 0. The number of hydrogen-bond acceptors (Lipinski definition) is 6. The third-order valence-electron chi connectivity index (χ3n) is 5.23. The van der Waals surface area contributed by atoms with Crippen LogP contribution in [0, 0.1) is 0 Å². The number of H-pyrrole nitrogens is 1. The number of aliphatic hydroxyl groups is 1. The first-order valence-corrected chi connectivity index (χ1v) is 9.57. The standard InChI is InChI=1S/C20H20F3N5O2/c21-20(22,23)13-2-1-3-15(17(13)27-11-4-6-12(29)7-5-11)28-18-16-14(25-10-26-18)8-9-24-19(16)30/h1-3,8-12,27,29H,4-7H2,(H,24,30)(H,25,26,28). The number of para-hydroxylation sites is 1. The van der Waals surface area contributed by atoms with Crippen LogP contribution in [0.1, 0.15) is 31.2 Å². The highest BCUT2D eigenvalue weighted by Gasteiger charge is 2.35. The predicted molar refractivity (Wildman–Crippen MR) is 107 cm³/mol. The van der Waals surface area contributed by atoms with Gasteiger partial charge >= 0.3 is 6.18 Å². The maximum Gasteiger partial charge on any atom is 0.418 e. The van der Waals surface area contributed by atoms with E-state index in [1.807, 2.05) is 0 Å². The van der Waals surface area contributed by atoms with Gasteiger partial charge in [-0.1, -0.05) is 6.07 Å². The lowest BCUT2D eigenvalue weighted by atomic mass is 9.92. The lowest BCUT2D eigenvalue weighted by molar-refractivity contribution is -0.136. The van der Waals surface area contributed by atoms with Crippen molar-refractivity contribution >= 4 is 28.1 Å². The van der Waals surface area contributed by atoms with E-state index in [4.69, 9.17) is 0 Å². The summed E-state index contributed by atoms with van der Waals surface area (Å²) >= 11 is 0. The molecule has 0 amide bonds. The van der Waals surface area contributed by atoms with E-state index in [0.717, 1.165) is 6.07 Å². The number of aliphatic hydroxyl groups excluding tert-OH is 1. The van der Waals surface area contributed by atoms with E-state index in [1.54, 1.807) is 6.07 Å². The van der Waals surface area contributed by atoms with Gasteiger partial charge in [0.1, 0.15) is 17.5 Å². The fourth-order valence-corrected chi connectivity index (χ4v) is 3.71. The Morgan fingerprint density at radius 3 is 2.60 bits per heavy atom. The number of alkyl halides is 3. The number of nitrogens with one attached hydrogen (secondary N) is 3. The highest BCUT2D eigenvalue weighted by Crippen LogP contribution is 2.41. The van der Waals surface area contributed by atoms with Crippen LogP contribution in [0.5, 0.6) is 0 Å². The number of anilines is 3. The van der Waals surface area contributed by atoms with Crippen molar-refractivity contribution in [1.82, 2.24) is 15.0 Å². The van der Waals surface area contributed by atoms with Crippen LogP contribution in [0.4, 0.5) is 30.4 Å². The largest absolute Gasteiger partial charge is 0.418 e. The van der Waals surface area contributed by atoms with Crippen molar-refractivity contribution in [3.05, 3.63) is 52.7 Å². The third-order valence-corrected chi connectivity index (χ3v) is 5.23. The number of pyridine rings is 1. The molecule has 1 saturated carbocycles. The zero-order valence-corrected chi connectivity index (χ0v) is 15.8. The van der Waals surface area contributed by atoms with Gasteiger partial charge in [0.05, 0.1) is 28.6 Å². The second-order valence-electron chi connectivity index (χ2n) is 7.29. The molecule has 2 aromatic heterocycles. The summed E-state index contributed by atoms with van der Waals surface area (Å²) in [4.78, 5) is 22.9. The quantitative estimate of drug-likeness (QED) is 0.513. The molecule has 30 heavy (non-hydrogen) atoms. The van der Waals surface area contributed by atoms with Gasteiger partial charge in [-0.05, 0) is 43.9 Å². The zero-order chi connectivity index (χ0) is 21.3. The maximum absolute atomic E-state index is 13.7. The summed E-state index contributed by atoms with van der Waals surface area (Å²) in [5.41, 5.74) is -0.840. The smallest absolute Gasteiger partial charge is 0.393 e. The van der Waals surface area contributed by atoms with Crippen molar-refractivity contribution in [3.63, 3.8) is 0 Å². The van der Waals surface area contributed by atoms with Crippen molar-refractivity contribution in [3.8, 4) is 0 Å². The summed E-state index contributed by atoms with van der Waals surface area (Å²) in [6, 6.07) is 5.19. The van der Waals surface area contributed by atoms with E-state index in [2.05, 4.69) is 25.6 Å². The summed E-state index contributed by atoms with van der Waals surface area (Å²) in [5, 5.41) is 15.7. The molecular weight excluding hydrogens is 399 g/mol. The minimum atomic E-state index is -4.57. The van der Waals surface area contributed by atoms with Crippen molar-refractivity contribution in [1.29, 1.82) is 0 Å². The average Bonchev–Trinajstić information content (AvgIpc) is 2.70. The molecule has 10 heteroatoms. The van der Waals surface area contributed by atoms with Gasteiger partial charge < -0.3 is 20.7 Å². The van der Waals surface area contributed by atoms with Crippen LogP contribution in [-0.4, -0.2) is 32.2 Å². The minimum Gasteiger partial charge on any atom is -0.393 e. The highest BCUT2D eigenvalue weighted by molar-refractivity contribution is 5.91. The maximum atomic E-state index is 13.7. The molecule has 158 valence electrons. The van der Waals surface area contributed by atoms with Crippen LogP contribution in [-0.2, 0) is 6.18 Å². The van der Waals surface area contributed by atoms with Crippen molar-refractivity contribution in [2.24, 2.45) is 0 Å². The molecule has 7 nitrogen and oxygen atoms in total. The molecule has 1 aromatic carbocycles. The van der Waals surface area contributed by atoms with Crippen LogP contribution in [0.25, 0.3) is 10.9 Å². The molecule has 0 bridgehead atoms. The van der Waals surface area contributed by atoms with Gasteiger partial charge in [-0.2, -0.15) is 13.2 Å². The SMILES string of the molecule is O=c1[nH]ccc2ncnc(Nc3cccc(C(F)(F)F)c3NC3CCC(O)CC3)c12. The van der Waals surface area contributed by atoms with Crippen LogP contribution in [0.2, 0.25) is 0 Å². The monoisotopic (exact) mass is 419 g/mol. The Hall–Kier alpha value is -3.14. The highest BCUT2D eigenvalue weighted by atomic mass is 19.4. The van der Waals surface area contributed by atoms with Crippen LogP contribution in [0.3, 0.4) is 0 Å². The molecule has 0 radical (unpaired) electrons. The van der Waals surface area contributed by atoms with E-state index >= 15 is 0 Å². The molecule has 3 aromatic rings. The lowest BCUT2D eigenvalue weighted by Gasteiger charge is -2.29. The topological polar surface area (TPSA) is 103 Å². The molecule has 0 saturated heterocycles. The second-order valence-corrected chi connectivity index (χ2v) is 7.29. The molecule has 1 aliphatic rings. The Morgan fingerprint density at radius 1 is 1.10 bits per heavy atom. The summed E-state index contributed by atoms with van der Waals surface area (Å²) in [6.07, 6.45) is -0.131. The molecule has 0 atom stereocenters. The number of aromatic amines is 1. The summed E-state index contributed by atoms with van der Waals surface area (Å²) < 4.78 is 41.1.